The van der Waals surface area contributed by atoms with Gasteiger partial charge >= 0.3 is 12.1 Å². The average molecular weight is 341 g/mol. The molecule has 0 saturated carbocycles. The Labute approximate surface area is 114 Å². The average Bonchev–Trinajstić information content (AvgIpc) is 2.29. The van der Waals surface area contributed by atoms with E-state index in [9.17, 15) is 22.8 Å². The second kappa shape index (κ2) is 6.05. The summed E-state index contributed by atoms with van der Waals surface area (Å²) in [5.74, 6) is -1.12. The van der Waals surface area contributed by atoms with E-state index >= 15 is 0 Å². The maximum atomic E-state index is 12.6. The van der Waals surface area contributed by atoms with Crippen molar-refractivity contribution in [2.24, 2.45) is 0 Å². The minimum absolute atomic E-state index is 0.00388. The van der Waals surface area contributed by atoms with Crippen LogP contribution in [0, 0.1) is 0 Å². The van der Waals surface area contributed by atoms with Crippen molar-refractivity contribution in [1.29, 1.82) is 0 Å². The minimum atomic E-state index is -4.65. The molecule has 0 unspecified atom stereocenters. The third-order valence-electron chi connectivity index (χ3n) is 2.11. The van der Waals surface area contributed by atoms with Crippen molar-refractivity contribution in [1.82, 2.24) is 0 Å². The predicted octanol–water partition coefficient (Wildman–Crippen LogP) is 3.13. The number of carboxylic acids is 1. The van der Waals surface area contributed by atoms with Gasteiger partial charge in [0.15, 0.2) is 6.29 Å². The van der Waals surface area contributed by atoms with Gasteiger partial charge in [-0.3, -0.25) is 9.59 Å². The molecule has 0 fully saturated rings. The van der Waals surface area contributed by atoms with Crippen LogP contribution in [0.4, 0.5) is 13.2 Å². The van der Waals surface area contributed by atoms with E-state index in [0.717, 1.165) is 12.1 Å². The number of hydrogen-bond acceptors (Lipinski definition) is 3. The number of rotatable bonds is 5. The highest BCUT2D eigenvalue weighted by atomic mass is 79.9. The first-order valence-corrected chi connectivity index (χ1v) is 5.75. The zero-order valence-corrected chi connectivity index (χ0v) is 10.9. The summed E-state index contributed by atoms with van der Waals surface area (Å²) < 4.78 is 42.8. The van der Waals surface area contributed by atoms with Gasteiger partial charge in [-0.2, -0.15) is 13.2 Å². The molecule has 0 bridgehead atoms. The van der Waals surface area contributed by atoms with Crippen molar-refractivity contribution in [3.8, 4) is 5.75 Å². The van der Waals surface area contributed by atoms with Gasteiger partial charge in [-0.15, -0.1) is 0 Å². The second-order valence-corrected chi connectivity index (χ2v) is 4.33. The Morgan fingerprint density at radius 2 is 2.05 bits per heavy atom. The summed E-state index contributed by atoms with van der Waals surface area (Å²) in [6, 6.07) is 1.64. The molecule has 104 valence electrons. The Kier molecular flexibility index (Phi) is 4.93. The highest BCUT2D eigenvalue weighted by Crippen LogP contribution is 2.37. The number of carbonyl (C=O) groups excluding carboxylic acids is 1. The lowest BCUT2D eigenvalue weighted by molar-refractivity contribution is -0.138. The Morgan fingerprint density at radius 1 is 1.42 bits per heavy atom. The largest absolute Gasteiger partial charge is 0.492 e. The molecule has 0 aromatic heterocycles. The van der Waals surface area contributed by atoms with E-state index in [4.69, 9.17) is 9.84 Å². The first-order valence-electron chi connectivity index (χ1n) is 4.96. The Morgan fingerprint density at radius 3 is 2.53 bits per heavy atom. The maximum Gasteiger partial charge on any atom is 0.417 e. The highest BCUT2D eigenvalue weighted by molar-refractivity contribution is 9.10. The number of carbonyl (C=O) groups is 2. The number of ether oxygens (including phenoxy) is 1. The molecule has 1 aromatic carbocycles. The monoisotopic (exact) mass is 340 g/mol. The van der Waals surface area contributed by atoms with Crippen molar-refractivity contribution in [3.05, 3.63) is 27.7 Å². The van der Waals surface area contributed by atoms with E-state index in [1.165, 1.54) is 0 Å². The SMILES string of the molecule is O=Cc1cc(OCCC(=O)O)c(Br)cc1C(F)(F)F. The molecule has 4 nitrogen and oxygen atoms in total. The topological polar surface area (TPSA) is 63.6 Å². The van der Waals surface area contributed by atoms with Crippen molar-refractivity contribution in [2.75, 3.05) is 6.61 Å². The van der Waals surface area contributed by atoms with Crippen molar-refractivity contribution in [2.45, 2.75) is 12.6 Å². The van der Waals surface area contributed by atoms with Crippen LogP contribution >= 0.6 is 15.9 Å². The minimum Gasteiger partial charge on any atom is -0.492 e. The standard InChI is InChI=1S/C11H8BrF3O4/c12-8-4-7(11(13,14)15)6(5-16)3-9(8)19-2-1-10(17)18/h3-5H,1-2H2,(H,17,18). The zero-order valence-electron chi connectivity index (χ0n) is 9.33. The van der Waals surface area contributed by atoms with Crippen molar-refractivity contribution >= 4 is 28.2 Å². The van der Waals surface area contributed by atoms with Gasteiger partial charge in [0.2, 0.25) is 0 Å². The number of halogens is 4. The molecule has 1 aromatic rings. The lowest BCUT2D eigenvalue weighted by Gasteiger charge is -2.13. The van der Waals surface area contributed by atoms with Gasteiger partial charge < -0.3 is 9.84 Å². The fraction of sp³-hybridized carbons (Fsp3) is 0.273. The van der Waals surface area contributed by atoms with Gasteiger partial charge in [-0.05, 0) is 28.1 Å². The van der Waals surface area contributed by atoms with Gasteiger partial charge in [0.1, 0.15) is 5.75 Å². The molecular formula is C11H8BrF3O4. The summed E-state index contributed by atoms with van der Waals surface area (Å²) in [5, 5.41) is 8.42. The van der Waals surface area contributed by atoms with Crippen LogP contribution < -0.4 is 4.74 Å². The lowest BCUT2D eigenvalue weighted by atomic mass is 10.1. The van der Waals surface area contributed by atoms with Crippen LogP contribution in [0.15, 0.2) is 16.6 Å². The van der Waals surface area contributed by atoms with Crippen LogP contribution in [0.25, 0.3) is 0 Å². The number of carboxylic acid groups (broad SMARTS) is 1. The maximum absolute atomic E-state index is 12.6. The smallest absolute Gasteiger partial charge is 0.417 e. The number of aliphatic carboxylic acids is 1. The normalized spacial score (nSPS) is 11.2. The fourth-order valence-electron chi connectivity index (χ4n) is 1.27. The van der Waals surface area contributed by atoms with E-state index in [1.54, 1.807) is 0 Å². The Balaban J connectivity index is 3.03. The van der Waals surface area contributed by atoms with E-state index in [-0.39, 0.29) is 29.5 Å². The number of hydrogen-bond donors (Lipinski definition) is 1. The molecule has 0 amide bonds. The third-order valence-corrected chi connectivity index (χ3v) is 2.73. The van der Waals surface area contributed by atoms with Crippen LogP contribution in [0.5, 0.6) is 5.75 Å². The van der Waals surface area contributed by atoms with Gasteiger partial charge in [-0.1, -0.05) is 0 Å². The summed E-state index contributed by atoms with van der Waals surface area (Å²) in [6.07, 6.45) is -4.89. The number of alkyl halides is 3. The first-order chi connectivity index (χ1) is 8.75. The summed E-state index contributed by atoms with van der Waals surface area (Å²) in [4.78, 5) is 20.9. The van der Waals surface area contributed by atoms with E-state index in [0.29, 0.717) is 0 Å². The fourth-order valence-corrected chi connectivity index (χ4v) is 1.73. The molecule has 1 N–H and O–H groups in total. The number of aldehydes is 1. The molecule has 0 atom stereocenters. The zero-order chi connectivity index (χ0) is 14.6. The molecule has 0 aliphatic carbocycles. The molecule has 0 aliphatic heterocycles. The van der Waals surface area contributed by atoms with Gasteiger partial charge in [-0.25, -0.2) is 0 Å². The van der Waals surface area contributed by atoms with E-state index in [2.05, 4.69) is 15.9 Å². The van der Waals surface area contributed by atoms with Crippen molar-refractivity contribution in [3.63, 3.8) is 0 Å². The van der Waals surface area contributed by atoms with Crippen LogP contribution in [0.2, 0.25) is 0 Å². The molecule has 19 heavy (non-hydrogen) atoms. The third kappa shape index (κ3) is 4.23. The molecule has 0 heterocycles. The molecule has 0 spiro atoms. The molecule has 8 heteroatoms. The molecule has 0 saturated heterocycles. The van der Waals surface area contributed by atoms with Crippen LogP contribution in [0.1, 0.15) is 22.3 Å². The van der Waals surface area contributed by atoms with Crippen molar-refractivity contribution < 1.29 is 32.6 Å². The second-order valence-electron chi connectivity index (χ2n) is 3.48. The molecular weight excluding hydrogens is 333 g/mol. The van der Waals surface area contributed by atoms with Gasteiger partial charge in [0.05, 0.1) is 23.1 Å². The first kappa shape index (κ1) is 15.5. The number of benzene rings is 1. The molecule has 0 aliphatic rings. The lowest BCUT2D eigenvalue weighted by Crippen LogP contribution is -2.10. The Bertz CT molecular complexity index is 499. The highest BCUT2D eigenvalue weighted by Gasteiger charge is 2.34. The van der Waals surface area contributed by atoms with Crippen LogP contribution in [0.3, 0.4) is 0 Å². The molecule has 0 radical (unpaired) electrons. The Hall–Kier alpha value is -1.57. The summed E-state index contributed by atoms with van der Waals surface area (Å²) in [5.41, 5.74) is -1.65. The molecule has 1 rings (SSSR count). The van der Waals surface area contributed by atoms with E-state index in [1.807, 2.05) is 0 Å². The van der Waals surface area contributed by atoms with Crippen LogP contribution in [-0.2, 0) is 11.0 Å². The van der Waals surface area contributed by atoms with Gasteiger partial charge in [0.25, 0.3) is 0 Å². The van der Waals surface area contributed by atoms with Crippen LogP contribution in [-0.4, -0.2) is 24.0 Å². The predicted molar refractivity (Wildman–Crippen MR) is 62.3 cm³/mol. The summed E-state index contributed by atoms with van der Waals surface area (Å²) in [6.45, 7) is -0.211. The van der Waals surface area contributed by atoms with Gasteiger partial charge in [0, 0.05) is 5.56 Å². The quantitative estimate of drug-likeness (QED) is 0.836. The van der Waals surface area contributed by atoms with E-state index < -0.39 is 23.3 Å². The summed E-state index contributed by atoms with van der Waals surface area (Å²) in [7, 11) is 0. The summed E-state index contributed by atoms with van der Waals surface area (Å²) >= 11 is 2.88.